The summed E-state index contributed by atoms with van der Waals surface area (Å²) >= 11 is 1.30. The Morgan fingerprint density at radius 1 is 1.24 bits per heavy atom. The lowest BCUT2D eigenvalue weighted by Gasteiger charge is -2.18. The molecule has 0 saturated carbocycles. The van der Waals surface area contributed by atoms with Crippen molar-refractivity contribution >= 4 is 29.1 Å². The predicted octanol–water partition coefficient (Wildman–Crippen LogP) is 3.70. The van der Waals surface area contributed by atoms with E-state index in [4.69, 9.17) is 4.74 Å². The second kappa shape index (κ2) is 8.08. The highest BCUT2D eigenvalue weighted by Gasteiger charge is 2.19. The second-order valence-corrected chi connectivity index (χ2v) is 7.86. The van der Waals surface area contributed by atoms with E-state index in [9.17, 15) is 9.59 Å². The van der Waals surface area contributed by atoms with Crippen LogP contribution in [0.5, 0.6) is 5.75 Å². The Morgan fingerprint density at radius 3 is 2.79 bits per heavy atom. The zero-order chi connectivity index (χ0) is 20.4. The van der Waals surface area contributed by atoms with Crippen molar-refractivity contribution in [1.29, 1.82) is 0 Å². The number of fused-ring (bicyclic) bond motifs is 1. The van der Waals surface area contributed by atoms with E-state index in [2.05, 4.69) is 29.2 Å². The summed E-state index contributed by atoms with van der Waals surface area (Å²) in [6.45, 7) is 4.11. The van der Waals surface area contributed by atoms with Crippen LogP contribution in [0.1, 0.15) is 35.9 Å². The highest BCUT2D eigenvalue weighted by atomic mass is 32.2. The van der Waals surface area contributed by atoms with Gasteiger partial charge in [0.2, 0.25) is 5.16 Å². The Morgan fingerprint density at radius 2 is 2.03 bits per heavy atom. The van der Waals surface area contributed by atoms with Gasteiger partial charge >= 0.3 is 0 Å². The normalized spacial score (nSPS) is 13.0. The first-order valence-corrected chi connectivity index (χ1v) is 10.2. The molecular formula is C21H20N4O3S. The number of carbonyl (C=O) groups is 2. The van der Waals surface area contributed by atoms with Crippen LogP contribution in [-0.4, -0.2) is 38.8 Å². The Balaban J connectivity index is 1.50. The molecule has 3 aromatic rings. The number of ether oxygens (including phenoxy) is 1. The van der Waals surface area contributed by atoms with Crippen LogP contribution in [0.15, 0.2) is 53.7 Å². The third kappa shape index (κ3) is 4.17. The number of nitrogens with zero attached hydrogens (tertiary/aromatic N) is 3. The van der Waals surface area contributed by atoms with E-state index in [1.807, 2.05) is 35.0 Å². The van der Waals surface area contributed by atoms with E-state index in [0.717, 1.165) is 11.5 Å². The molecule has 2 aromatic carbocycles. The molecule has 29 heavy (non-hydrogen) atoms. The molecule has 1 N–H and O–H groups in total. The van der Waals surface area contributed by atoms with Crippen LogP contribution >= 0.6 is 11.8 Å². The summed E-state index contributed by atoms with van der Waals surface area (Å²) in [5, 5.41) is 7.86. The van der Waals surface area contributed by atoms with Crippen molar-refractivity contribution in [3.8, 4) is 11.4 Å². The number of amides is 1. The number of hydrogen-bond donors (Lipinski definition) is 1. The van der Waals surface area contributed by atoms with Gasteiger partial charge in [-0.25, -0.2) is 9.67 Å². The van der Waals surface area contributed by atoms with Crippen molar-refractivity contribution in [3.63, 3.8) is 0 Å². The lowest BCUT2D eigenvalue weighted by molar-refractivity contribution is -0.118. The molecule has 0 radical (unpaired) electrons. The molecule has 0 unspecified atom stereocenters. The maximum atomic E-state index is 12.6. The summed E-state index contributed by atoms with van der Waals surface area (Å²) in [4.78, 5) is 28.7. The minimum Gasteiger partial charge on any atom is -0.482 e. The van der Waals surface area contributed by atoms with Crippen LogP contribution in [0, 0.1) is 0 Å². The number of thioether (sulfide) groups is 1. The quantitative estimate of drug-likeness (QED) is 0.494. The Bertz CT molecular complexity index is 1060. The maximum absolute atomic E-state index is 12.6. The van der Waals surface area contributed by atoms with Gasteiger partial charge in [-0.3, -0.25) is 9.59 Å². The van der Waals surface area contributed by atoms with Crippen LogP contribution in [0.4, 0.5) is 5.69 Å². The summed E-state index contributed by atoms with van der Waals surface area (Å²) < 4.78 is 7.15. The summed E-state index contributed by atoms with van der Waals surface area (Å²) in [6.07, 6.45) is 0. The first-order valence-electron chi connectivity index (χ1n) is 9.26. The van der Waals surface area contributed by atoms with Gasteiger partial charge < -0.3 is 10.1 Å². The molecule has 148 valence electrons. The maximum Gasteiger partial charge on any atom is 0.262 e. The fourth-order valence-corrected chi connectivity index (χ4v) is 3.69. The molecule has 8 heteroatoms. The molecule has 1 aliphatic rings. The van der Waals surface area contributed by atoms with Crippen LogP contribution in [0.3, 0.4) is 0 Å². The van der Waals surface area contributed by atoms with Gasteiger partial charge in [-0.1, -0.05) is 43.8 Å². The minimum absolute atomic E-state index is 0.00985. The molecule has 4 rings (SSSR count). The fraction of sp³-hybridized carbons (Fsp3) is 0.238. The van der Waals surface area contributed by atoms with Gasteiger partial charge in [0.05, 0.1) is 17.1 Å². The largest absolute Gasteiger partial charge is 0.482 e. The molecule has 0 spiro atoms. The highest BCUT2D eigenvalue weighted by Crippen LogP contribution is 2.29. The number of rotatable bonds is 6. The summed E-state index contributed by atoms with van der Waals surface area (Å²) in [5.41, 5.74) is 1.96. The van der Waals surface area contributed by atoms with Gasteiger partial charge in [0.25, 0.3) is 5.91 Å². The molecule has 0 aliphatic carbocycles. The standard InChI is InChI=1S/C21H20N4O3S/c1-13(2)20-23-21(24-25(20)15-6-4-3-5-7-15)29-12-17(26)14-8-9-18-16(10-14)22-19(27)11-28-18/h3-10,13H,11-12H2,1-2H3,(H,22,27). The summed E-state index contributed by atoms with van der Waals surface area (Å²) in [6, 6.07) is 14.9. The highest BCUT2D eigenvalue weighted by molar-refractivity contribution is 7.99. The lowest BCUT2D eigenvalue weighted by atomic mass is 10.1. The molecule has 2 heterocycles. The molecule has 1 aliphatic heterocycles. The molecule has 1 aromatic heterocycles. The van der Waals surface area contributed by atoms with Crippen LogP contribution in [0.2, 0.25) is 0 Å². The monoisotopic (exact) mass is 408 g/mol. The van der Waals surface area contributed by atoms with Gasteiger partial charge in [-0.05, 0) is 30.3 Å². The van der Waals surface area contributed by atoms with Gasteiger partial charge in [-0.15, -0.1) is 5.10 Å². The van der Waals surface area contributed by atoms with Gasteiger partial charge in [-0.2, -0.15) is 0 Å². The van der Waals surface area contributed by atoms with Crippen molar-refractivity contribution in [3.05, 3.63) is 59.9 Å². The molecule has 1 amide bonds. The van der Waals surface area contributed by atoms with Crippen molar-refractivity contribution in [2.75, 3.05) is 17.7 Å². The Hall–Kier alpha value is -3.13. The van der Waals surface area contributed by atoms with Gasteiger partial charge in [0.15, 0.2) is 12.4 Å². The third-order valence-corrected chi connectivity index (χ3v) is 5.23. The number of ketones is 1. The predicted molar refractivity (Wildman–Crippen MR) is 111 cm³/mol. The summed E-state index contributed by atoms with van der Waals surface area (Å²) in [7, 11) is 0. The number of carbonyl (C=O) groups excluding carboxylic acids is 2. The third-order valence-electron chi connectivity index (χ3n) is 4.40. The number of nitrogens with one attached hydrogen (secondary N) is 1. The van der Waals surface area contributed by atoms with E-state index < -0.39 is 0 Å². The zero-order valence-electron chi connectivity index (χ0n) is 16.1. The SMILES string of the molecule is CC(C)c1nc(SCC(=O)c2ccc3c(c2)NC(=O)CO3)nn1-c1ccccc1. The number of aromatic nitrogens is 3. The second-order valence-electron chi connectivity index (χ2n) is 6.91. The Labute approximate surface area is 172 Å². The first kappa shape index (κ1) is 19.2. The summed E-state index contributed by atoms with van der Waals surface area (Å²) in [5.74, 6) is 1.51. The number of hydrogen-bond acceptors (Lipinski definition) is 6. The molecule has 0 bridgehead atoms. The fourth-order valence-electron chi connectivity index (χ4n) is 2.97. The van der Waals surface area contributed by atoms with Gasteiger partial charge in [0, 0.05) is 11.5 Å². The smallest absolute Gasteiger partial charge is 0.262 e. The molecule has 7 nitrogen and oxygen atoms in total. The molecule has 0 atom stereocenters. The van der Waals surface area contributed by atoms with Crippen molar-refractivity contribution in [2.24, 2.45) is 0 Å². The zero-order valence-corrected chi connectivity index (χ0v) is 16.9. The number of para-hydroxylation sites is 1. The topological polar surface area (TPSA) is 86.1 Å². The Kier molecular flexibility index (Phi) is 5.35. The number of Topliss-reactive ketones (excluding diaryl/α,β-unsaturated/α-hetero) is 1. The average molecular weight is 408 g/mol. The number of benzene rings is 2. The van der Waals surface area contributed by atoms with Crippen molar-refractivity contribution in [1.82, 2.24) is 14.8 Å². The van der Waals surface area contributed by atoms with Crippen LogP contribution < -0.4 is 10.1 Å². The minimum atomic E-state index is -0.228. The molecule has 0 saturated heterocycles. The first-order chi connectivity index (χ1) is 14.0. The van der Waals surface area contributed by atoms with E-state index >= 15 is 0 Å². The van der Waals surface area contributed by atoms with Crippen molar-refractivity contribution in [2.45, 2.75) is 24.9 Å². The van der Waals surface area contributed by atoms with E-state index in [0.29, 0.717) is 22.2 Å². The van der Waals surface area contributed by atoms with E-state index in [1.165, 1.54) is 11.8 Å². The molecule has 0 fully saturated rings. The van der Waals surface area contributed by atoms with Crippen LogP contribution in [0.25, 0.3) is 5.69 Å². The molecular weight excluding hydrogens is 388 g/mol. The van der Waals surface area contributed by atoms with Crippen LogP contribution in [-0.2, 0) is 4.79 Å². The number of anilines is 1. The van der Waals surface area contributed by atoms with E-state index in [-0.39, 0.29) is 30.0 Å². The lowest BCUT2D eigenvalue weighted by Crippen LogP contribution is -2.25. The average Bonchev–Trinajstić information content (AvgIpc) is 3.17. The van der Waals surface area contributed by atoms with Gasteiger partial charge in [0.1, 0.15) is 11.6 Å². The van der Waals surface area contributed by atoms with E-state index in [1.54, 1.807) is 18.2 Å². The van der Waals surface area contributed by atoms with Crippen molar-refractivity contribution < 1.29 is 14.3 Å².